The lowest BCUT2D eigenvalue weighted by Gasteiger charge is -2.11. The van der Waals surface area contributed by atoms with Crippen molar-refractivity contribution in [2.75, 3.05) is 26.2 Å². The summed E-state index contributed by atoms with van der Waals surface area (Å²) in [6.45, 7) is 5.39. The van der Waals surface area contributed by atoms with Crippen LogP contribution in [0.3, 0.4) is 0 Å². The highest BCUT2D eigenvalue weighted by atomic mass is 16.5. The summed E-state index contributed by atoms with van der Waals surface area (Å²) < 4.78 is 5.64. The fraction of sp³-hybridized carbons (Fsp3) is 0.350. The quantitative estimate of drug-likeness (QED) is 0.373. The van der Waals surface area contributed by atoms with E-state index < -0.39 is 0 Å². The van der Waals surface area contributed by atoms with Gasteiger partial charge in [-0.3, -0.25) is 4.99 Å². The number of nitrogens with one attached hydrogen (secondary N) is 2. The fourth-order valence-electron chi connectivity index (χ4n) is 2.37. The number of nitrogens with zero attached hydrogens (tertiary/aromatic N) is 1. The number of hydrogen-bond donors (Lipinski definition) is 3. The third-order valence-corrected chi connectivity index (χ3v) is 3.58. The van der Waals surface area contributed by atoms with Crippen molar-refractivity contribution in [2.45, 2.75) is 20.0 Å². The molecule has 2 rings (SSSR count). The second-order valence-electron chi connectivity index (χ2n) is 5.65. The summed E-state index contributed by atoms with van der Waals surface area (Å²) in [6, 6.07) is 17.4. The Labute approximate surface area is 149 Å². The van der Waals surface area contributed by atoms with Crippen LogP contribution in [0.1, 0.15) is 18.1 Å². The third kappa shape index (κ3) is 7.72. The van der Waals surface area contributed by atoms with Gasteiger partial charge >= 0.3 is 0 Å². The maximum Gasteiger partial charge on any atom is 0.191 e. The zero-order valence-electron chi connectivity index (χ0n) is 14.7. The lowest BCUT2D eigenvalue weighted by atomic mass is 10.1. The summed E-state index contributed by atoms with van der Waals surface area (Å²) in [6.07, 6.45) is 0.823. The highest BCUT2D eigenvalue weighted by molar-refractivity contribution is 5.79. The summed E-state index contributed by atoms with van der Waals surface area (Å²) in [5.41, 5.74) is 2.26. The van der Waals surface area contributed by atoms with Crippen LogP contribution in [-0.2, 0) is 17.8 Å². The molecule has 0 radical (unpaired) electrons. The summed E-state index contributed by atoms with van der Waals surface area (Å²) in [5.74, 6) is 1.08. The van der Waals surface area contributed by atoms with Crippen molar-refractivity contribution in [1.82, 2.24) is 10.6 Å². The standard InChI is InChI=1S/C20H27N3O2/c1-2-21-20(22-12-11-17-9-6-10-19(24)15-17)23-13-14-25-16-18-7-4-3-5-8-18/h3-10,15,24H,2,11-14,16H2,1H3,(H2,21,22,23). The van der Waals surface area contributed by atoms with Gasteiger partial charge in [-0.05, 0) is 36.6 Å². The average Bonchev–Trinajstić information content (AvgIpc) is 2.62. The van der Waals surface area contributed by atoms with Gasteiger partial charge in [0.15, 0.2) is 5.96 Å². The van der Waals surface area contributed by atoms with Crippen LogP contribution >= 0.6 is 0 Å². The number of phenols is 1. The molecule has 25 heavy (non-hydrogen) atoms. The Morgan fingerprint density at radius 3 is 2.60 bits per heavy atom. The first-order chi connectivity index (χ1) is 12.3. The van der Waals surface area contributed by atoms with E-state index >= 15 is 0 Å². The van der Waals surface area contributed by atoms with Crippen molar-refractivity contribution in [1.29, 1.82) is 0 Å². The van der Waals surface area contributed by atoms with Gasteiger partial charge in [0.05, 0.1) is 19.8 Å². The highest BCUT2D eigenvalue weighted by Gasteiger charge is 1.99. The molecular formula is C20H27N3O2. The first-order valence-corrected chi connectivity index (χ1v) is 8.69. The topological polar surface area (TPSA) is 65.9 Å². The summed E-state index contributed by atoms with van der Waals surface area (Å²) in [7, 11) is 0. The van der Waals surface area contributed by atoms with E-state index in [1.807, 2.05) is 37.3 Å². The molecule has 0 aliphatic carbocycles. The van der Waals surface area contributed by atoms with E-state index in [9.17, 15) is 5.11 Å². The Balaban J connectivity index is 1.68. The van der Waals surface area contributed by atoms with E-state index in [0.717, 1.165) is 31.0 Å². The van der Waals surface area contributed by atoms with Crippen LogP contribution in [0, 0.1) is 0 Å². The molecule has 3 N–H and O–H groups in total. The van der Waals surface area contributed by atoms with Gasteiger partial charge in [0.1, 0.15) is 5.75 Å². The van der Waals surface area contributed by atoms with E-state index in [4.69, 9.17) is 4.74 Å². The Hall–Kier alpha value is -2.53. The average molecular weight is 341 g/mol. The SMILES string of the molecule is CCNC(=NCCOCc1ccccc1)NCCc1cccc(O)c1. The zero-order valence-corrected chi connectivity index (χ0v) is 14.7. The first kappa shape index (κ1) is 18.8. The maximum absolute atomic E-state index is 9.48. The second-order valence-corrected chi connectivity index (χ2v) is 5.65. The minimum Gasteiger partial charge on any atom is -0.508 e. The van der Waals surface area contributed by atoms with Gasteiger partial charge in [-0.25, -0.2) is 0 Å². The van der Waals surface area contributed by atoms with Crippen LogP contribution in [0.4, 0.5) is 0 Å². The number of ether oxygens (including phenoxy) is 1. The Bertz CT molecular complexity index is 644. The van der Waals surface area contributed by atoms with E-state index in [-0.39, 0.29) is 0 Å². The molecule has 0 saturated carbocycles. The van der Waals surface area contributed by atoms with Crippen molar-refractivity contribution >= 4 is 5.96 Å². The predicted molar refractivity (Wildman–Crippen MR) is 102 cm³/mol. The lowest BCUT2D eigenvalue weighted by Crippen LogP contribution is -2.38. The number of aromatic hydroxyl groups is 1. The van der Waals surface area contributed by atoms with Crippen LogP contribution in [0.2, 0.25) is 0 Å². The van der Waals surface area contributed by atoms with Gasteiger partial charge in [-0.1, -0.05) is 42.5 Å². The van der Waals surface area contributed by atoms with Gasteiger partial charge in [0.2, 0.25) is 0 Å². The van der Waals surface area contributed by atoms with Crippen LogP contribution < -0.4 is 10.6 Å². The molecule has 0 atom stereocenters. The van der Waals surface area contributed by atoms with E-state index in [2.05, 4.69) is 27.8 Å². The molecule has 0 heterocycles. The minimum atomic E-state index is 0.300. The molecule has 0 aromatic heterocycles. The first-order valence-electron chi connectivity index (χ1n) is 8.69. The number of rotatable bonds is 9. The van der Waals surface area contributed by atoms with Crippen molar-refractivity contribution in [2.24, 2.45) is 4.99 Å². The van der Waals surface area contributed by atoms with Crippen molar-refractivity contribution < 1.29 is 9.84 Å². The molecule has 0 aliphatic rings. The van der Waals surface area contributed by atoms with Crippen molar-refractivity contribution in [3.8, 4) is 5.75 Å². The summed E-state index contributed by atoms with van der Waals surface area (Å²) >= 11 is 0. The number of guanidine groups is 1. The predicted octanol–water partition coefficient (Wildman–Crippen LogP) is 2.71. The molecular weight excluding hydrogens is 314 g/mol. The molecule has 0 spiro atoms. The smallest absolute Gasteiger partial charge is 0.191 e. The van der Waals surface area contributed by atoms with Crippen molar-refractivity contribution in [3.63, 3.8) is 0 Å². The van der Waals surface area contributed by atoms with Gasteiger partial charge in [-0.2, -0.15) is 0 Å². The molecule has 0 saturated heterocycles. The van der Waals surface area contributed by atoms with Crippen molar-refractivity contribution in [3.05, 3.63) is 65.7 Å². The summed E-state index contributed by atoms with van der Waals surface area (Å²) in [4.78, 5) is 4.51. The number of benzene rings is 2. The van der Waals surface area contributed by atoms with Crippen LogP contribution in [0.5, 0.6) is 5.75 Å². The van der Waals surface area contributed by atoms with Gasteiger partial charge < -0.3 is 20.5 Å². The van der Waals surface area contributed by atoms with E-state index in [1.165, 1.54) is 5.56 Å². The molecule has 0 bridgehead atoms. The zero-order chi connectivity index (χ0) is 17.7. The molecule has 2 aromatic carbocycles. The number of phenolic OH excluding ortho intramolecular Hbond substituents is 1. The number of hydrogen-bond acceptors (Lipinski definition) is 3. The van der Waals surface area contributed by atoms with E-state index in [0.29, 0.717) is 25.5 Å². The van der Waals surface area contributed by atoms with Crippen LogP contribution in [0.15, 0.2) is 59.6 Å². The molecule has 134 valence electrons. The molecule has 0 aliphatic heterocycles. The Morgan fingerprint density at radius 2 is 1.84 bits per heavy atom. The van der Waals surface area contributed by atoms with E-state index in [1.54, 1.807) is 12.1 Å². The van der Waals surface area contributed by atoms with Gasteiger partial charge in [0.25, 0.3) is 0 Å². The van der Waals surface area contributed by atoms with Crippen LogP contribution in [0.25, 0.3) is 0 Å². The Kier molecular flexibility index (Phi) is 8.35. The van der Waals surface area contributed by atoms with Gasteiger partial charge in [-0.15, -0.1) is 0 Å². The third-order valence-electron chi connectivity index (χ3n) is 3.58. The monoisotopic (exact) mass is 341 g/mol. The molecule has 2 aromatic rings. The lowest BCUT2D eigenvalue weighted by molar-refractivity contribution is 0.128. The maximum atomic E-state index is 9.48. The molecule has 5 heteroatoms. The summed E-state index contributed by atoms with van der Waals surface area (Å²) in [5, 5.41) is 16.0. The fourth-order valence-corrected chi connectivity index (χ4v) is 2.37. The Morgan fingerprint density at radius 1 is 1.04 bits per heavy atom. The second kappa shape index (κ2) is 11.1. The largest absolute Gasteiger partial charge is 0.508 e. The van der Waals surface area contributed by atoms with Gasteiger partial charge in [0, 0.05) is 13.1 Å². The molecule has 5 nitrogen and oxygen atoms in total. The molecule has 0 unspecified atom stereocenters. The molecule has 0 fully saturated rings. The normalized spacial score (nSPS) is 11.3. The van der Waals surface area contributed by atoms with Crippen LogP contribution in [-0.4, -0.2) is 37.3 Å². The number of aliphatic imine (C=N–C) groups is 1. The minimum absolute atomic E-state index is 0.300. The molecule has 0 amide bonds. The highest BCUT2D eigenvalue weighted by Crippen LogP contribution is 2.10.